The molecule has 1 N–H and O–H groups in total. The third-order valence-electron chi connectivity index (χ3n) is 2.67. The molecule has 5 heteroatoms. The van der Waals surface area contributed by atoms with Crippen LogP contribution in [-0.2, 0) is 16.0 Å². The van der Waals surface area contributed by atoms with E-state index in [-0.39, 0.29) is 24.3 Å². The van der Waals surface area contributed by atoms with E-state index in [1.807, 2.05) is 26.0 Å². The highest BCUT2D eigenvalue weighted by Crippen LogP contribution is 2.00. The molecular weight excluding hydrogens is 242 g/mol. The molecule has 19 heavy (non-hydrogen) atoms. The second-order valence-electron chi connectivity index (χ2n) is 4.82. The van der Waals surface area contributed by atoms with Gasteiger partial charge in [-0.2, -0.15) is 0 Å². The number of hydrogen-bond donors (Lipinski definition) is 1. The Hall–Kier alpha value is -1.91. The lowest BCUT2D eigenvalue weighted by Crippen LogP contribution is -2.36. The third kappa shape index (κ3) is 5.99. The first-order valence-corrected chi connectivity index (χ1v) is 6.41. The van der Waals surface area contributed by atoms with Crippen LogP contribution in [0.2, 0.25) is 0 Å². The third-order valence-corrected chi connectivity index (χ3v) is 2.67. The second kappa shape index (κ2) is 7.51. The van der Waals surface area contributed by atoms with E-state index in [1.54, 1.807) is 24.3 Å². The van der Waals surface area contributed by atoms with E-state index in [0.717, 1.165) is 12.0 Å². The summed E-state index contributed by atoms with van der Waals surface area (Å²) in [4.78, 5) is 28.8. The Morgan fingerprint density at radius 3 is 2.53 bits per heavy atom. The van der Waals surface area contributed by atoms with E-state index < -0.39 is 0 Å². The minimum Gasteiger partial charge on any atom is -0.353 e. The van der Waals surface area contributed by atoms with Crippen molar-refractivity contribution in [3.05, 3.63) is 30.1 Å². The van der Waals surface area contributed by atoms with Crippen LogP contribution in [0.1, 0.15) is 25.8 Å². The largest absolute Gasteiger partial charge is 0.353 e. The minimum atomic E-state index is -0.226. The number of pyridine rings is 1. The smallest absolute Gasteiger partial charge is 0.231 e. The molecule has 0 saturated heterocycles. The quantitative estimate of drug-likeness (QED) is 0.779. The first-order valence-electron chi connectivity index (χ1n) is 6.41. The van der Waals surface area contributed by atoms with Crippen LogP contribution in [0.15, 0.2) is 24.5 Å². The molecule has 0 aliphatic carbocycles. The molecule has 0 aromatic carbocycles. The molecule has 0 aliphatic rings. The van der Waals surface area contributed by atoms with Crippen molar-refractivity contribution in [3.8, 4) is 0 Å². The lowest BCUT2D eigenvalue weighted by Gasteiger charge is -2.17. The number of likely N-dealkylation sites (N-methyl/N-ethyl adjacent to an activating group) is 1. The Bertz CT molecular complexity index is 418. The molecule has 0 radical (unpaired) electrons. The van der Waals surface area contributed by atoms with Gasteiger partial charge in [0.15, 0.2) is 0 Å². The van der Waals surface area contributed by atoms with Gasteiger partial charge in [0.1, 0.15) is 6.42 Å². The Kier molecular flexibility index (Phi) is 5.99. The van der Waals surface area contributed by atoms with Crippen LogP contribution in [0.5, 0.6) is 0 Å². The number of nitrogens with zero attached hydrogens (tertiary/aromatic N) is 2. The summed E-state index contributed by atoms with van der Waals surface area (Å²) in [6.45, 7) is 4.34. The highest BCUT2D eigenvalue weighted by molar-refractivity contribution is 5.96. The van der Waals surface area contributed by atoms with Crippen molar-refractivity contribution in [2.24, 2.45) is 0 Å². The fourth-order valence-corrected chi connectivity index (χ4v) is 1.62. The number of rotatable bonds is 6. The maximum Gasteiger partial charge on any atom is 0.231 e. The fourth-order valence-electron chi connectivity index (χ4n) is 1.62. The zero-order valence-electron chi connectivity index (χ0n) is 11.7. The van der Waals surface area contributed by atoms with Gasteiger partial charge in [-0.3, -0.25) is 14.6 Å². The van der Waals surface area contributed by atoms with Crippen molar-refractivity contribution < 1.29 is 9.59 Å². The van der Waals surface area contributed by atoms with Crippen molar-refractivity contribution in [2.45, 2.75) is 32.7 Å². The molecule has 1 heterocycles. The van der Waals surface area contributed by atoms with Crippen LogP contribution in [0.4, 0.5) is 0 Å². The highest BCUT2D eigenvalue weighted by atomic mass is 16.2. The molecule has 1 aromatic rings. The number of aromatic nitrogens is 1. The van der Waals surface area contributed by atoms with Crippen LogP contribution in [0, 0.1) is 0 Å². The SMILES string of the molecule is CC(C)NC(=O)CC(=O)N(C)CCc1ccncc1. The standard InChI is InChI=1S/C14H21N3O2/c1-11(2)16-13(18)10-14(19)17(3)9-6-12-4-7-15-8-5-12/h4-5,7-8,11H,6,9-10H2,1-3H3,(H,16,18). The number of carbonyl (C=O) groups excluding carboxylic acids is 2. The summed E-state index contributed by atoms with van der Waals surface area (Å²) < 4.78 is 0. The van der Waals surface area contributed by atoms with E-state index in [9.17, 15) is 9.59 Å². The van der Waals surface area contributed by atoms with E-state index >= 15 is 0 Å². The Labute approximate surface area is 114 Å². The van der Waals surface area contributed by atoms with E-state index in [2.05, 4.69) is 10.3 Å². The molecule has 0 fully saturated rings. The van der Waals surface area contributed by atoms with Crippen LogP contribution >= 0.6 is 0 Å². The number of hydrogen-bond acceptors (Lipinski definition) is 3. The molecule has 104 valence electrons. The van der Waals surface area contributed by atoms with Crippen molar-refractivity contribution in [1.82, 2.24) is 15.2 Å². The molecule has 0 unspecified atom stereocenters. The van der Waals surface area contributed by atoms with Gasteiger partial charge in [0.2, 0.25) is 11.8 Å². The van der Waals surface area contributed by atoms with Crippen LogP contribution < -0.4 is 5.32 Å². The van der Waals surface area contributed by atoms with Gasteiger partial charge >= 0.3 is 0 Å². The van der Waals surface area contributed by atoms with Gasteiger partial charge in [-0.05, 0) is 38.0 Å². The van der Waals surface area contributed by atoms with E-state index in [1.165, 1.54) is 0 Å². The Morgan fingerprint density at radius 1 is 1.32 bits per heavy atom. The van der Waals surface area contributed by atoms with Gasteiger partial charge in [0, 0.05) is 32.0 Å². The molecule has 0 bridgehead atoms. The second-order valence-corrected chi connectivity index (χ2v) is 4.82. The van der Waals surface area contributed by atoms with E-state index in [0.29, 0.717) is 6.54 Å². The van der Waals surface area contributed by atoms with Crippen molar-refractivity contribution in [1.29, 1.82) is 0 Å². The summed E-state index contributed by atoms with van der Waals surface area (Å²) in [5.41, 5.74) is 1.13. The molecule has 0 saturated carbocycles. The van der Waals surface area contributed by atoms with E-state index in [4.69, 9.17) is 0 Å². The molecule has 5 nitrogen and oxygen atoms in total. The average molecular weight is 263 g/mol. The minimum absolute atomic E-state index is 0.0578. The highest BCUT2D eigenvalue weighted by Gasteiger charge is 2.14. The summed E-state index contributed by atoms with van der Waals surface area (Å²) in [6, 6.07) is 3.90. The molecule has 0 aliphatic heterocycles. The maximum absolute atomic E-state index is 11.8. The molecular formula is C14H21N3O2. The van der Waals surface area contributed by atoms with Gasteiger partial charge in [-0.15, -0.1) is 0 Å². The zero-order valence-corrected chi connectivity index (χ0v) is 11.7. The van der Waals surface area contributed by atoms with Crippen molar-refractivity contribution in [3.63, 3.8) is 0 Å². The average Bonchev–Trinajstić information content (AvgIpc) is 2.36. The van der Waals surface area contributed by atoms with Gasteiger partial charge in [-0.25, -0.2) is 0 Å². The molecule has 1 aromatic heterocycles. The summed E-state index contributed by atoms with van der Waals surface area (Å²) in [5, 5.41) is 2.71. The topological polar surface area (TPSA) is 62.3 Å². The normalized spacial score (nSPS) is 10.3. The Morgan fingerprint density at radius 2 is 1.95 bits per heavy atom. The fraction of sp³-hybridized carbons (Fsp3) is 0.500. The predicted molar refractivity (Wildman–Crippen MR) is 73.5 cm³/mol. The van der Waals surface area contributed by atoms with Gasteiger partial charge in [-0.1, -0.05) is 0 Å². The monoisotopic (exact) mass is 263 g/mol. The van der Waals surface area contributed by atoms with Gasteiger partial charge in [0.25, 0.3) is 0 Å². The lowest BCUT2D eigenvalue weighted by atomic mass is 10.2. The first kappa shape index (κ1) is 15.1. The number of carbonyl (C=O) groups is 2. The molecule has 2 amide bonds. The van der Waals surface area contributed by atoms with Crippen molar-refractivity contribution in [2.75, 3.05) is 13.6 Å². The molecule has 0 atom stereocenters. The predicted octanol–water partition coefficient (Wildman–Crippen LogP) is 0.997. The number of amides is 2. The summed E-state index contributed by atoms with van der Waals surface area (Å²) in [5.74, 6) is -0.386. The summed E-state index contributed by atoms with van der Waals surface area (Å²) >= 11 is 0. The van der Waals surface area contributed by atoms with Gasteiger partial charge < -0.3 is 10.2 Å². The van der Waals surface area contributed by atoms with Crippen LogP contribution in [0.25, 0.3) is 0 Å². The maximum atomic E-state index is 11.8. The van der Waals surface area contributed by atoms with Gasteiger partial charge in [0.05, 0.1) is 0 Å². The van der Waals surface area contributed by atoms with Crippen LogP contribution in [0.3, 0.4) is 0 Å². The summed E-state index contributed by atoms with van der Waals surface area (Å²) in [7, 11) is 1.71. The lowest BCUT2D eigenvalue weighted by molar-refractivity contribution is -0.135. The van der Waals surface area contributed by atoms with Crippen LogP contribution in [-0.4, -0.2) is 41.3 Å². The number of nitrogens with one attached hydrogen (secondary N) is 1. The Balaban J connectivity index is 2.35. The first-order chi connectivity index (χ1) is 8.99. The molecule has 1 rings (SSSR count). The molecule has 0 spiro atoms. The zero-order chi connectivity index (χ0) is 14.3. The van der Waals surface area contributed by atoms with Crippen molar-refractivity contribution >= 4 is 11.8 Å². The summed E-state index contributed by atoms with van der Waals surface area (Å²) in [6.07, 6.45) is 4.13.